The molecule has 0 spiro atoms. The first-order chi connectivity index (χ1) is 8.10. The number of ether oxygens (including phenoxy) is 1. The number of nitrogens with zero attached hydrogens (tertiary/aromatic N) is 2. The first kappa shape index (κ1) is 13.2. The minimum atomic E-state index is -0.833. The molecule has 0 aliphatic heterocycles. The van der Waals surface area contributed by atoms with E-state index >= 15 is 0 Å². The summed E-state index contributed by atoms with van der Waals surface area (Å²) in [7, 11) is 0. The predicted octanol–water partition coefficient (Wildman–Crippen LogP) is 0.981. The highest BCUT2D eigenvalue weighted by Gasteiger charge is 2.30. The van der Waals surface area contributed by atoms with Crippen molar-refractivity contribution in [2.24, 2.45) is 11.7 Å². The highest BCUT2D eigenvalue weighted by Crippen LogP contribution is 2.25. The van der Waals surface area contributed by atoms with Crippen molar-refractivity contribution in [3.05, 3.63) is 33.6 Å². The molecule has 0 saturated heterocycles. The quantitative estimate of drug-likeness (QED) is 0.436. The normalized spacial score (nSPS) is 23.4. The number of nitriles is 1. The van der Waals surface area contributed by atoms with Gasteiger partial charge in [-0.3, -0.25) is 10.1 Å². The van der Waals surface area contributed by atoms with E-state index in [0.717, 1.165) is 0 Å². The van der Waals surface area contributed by atoms with E-state index in [1.54, 1.807) is 13.0 Å². The van der Waals surface area contributed by atoms with Gasteiger partial charge >= 0.3 is 0 Å². The van der Waals surface area contributed by atoms with Crippen LogP contribution in [0.5, 0.6) is 0 Å². The summed E-state index contributed by atoms with van der Waals surface area (Å²) in [6.07, 6.45) is 3.62. The van der Waals surface area contributed by atoms with Crippen molar-refractivity contribution in [2.45, 2.75) is 19.4 Å². The first-order valence-electron chi connectivity index (χ1n) is 5.40. The summed E-state index contributed by atoms with van der Waals surface area (Å²) < 4.78 is 5.34. The third kappa shape index (κ3) is 3.29. The fourth-order valence-corrected chi connectivity index (χ4v) is 1.58. The molecule has 2 atom stereocenters. The Bertz CT molecular complexity index is 395. The lowest BCUT2D eigenvalue weighted by atomic mass is 9.92. The minimum Gasteiger partial charge on any atom is -0.492 e. The van der Waals surface area contributed by atoms with E-state index in [1.165, 1.54) is 6.08 Å². The molecular formula is C11H15N3O3. The van der Waals surface area contributed by atoms with Gasteiger partial charge in [-0.15, -0.1) is 0 Å². The zero-order valence-electron chi connectivity index (χ0n) is 9.63. The van der Waals surface area contributed by atoms with E-state index < -0.39 is 6.04 Å². The Morgan fingerprint density at radius 1 is 1.65 bits per heavy atom. The Balaban J connectivity index is 2.82. The molecule has 92 valence electrons. The van der Waals surface area contributed by atoms with E-state index in [0.29, 0.717) is 30.9 Å². The van der Waals surface area contributed by atoms with Crippen molar-refractivity contribution in [2.75, 3.05) is 13.2 Å². The first-order valence-corrected chi connectivity index (χ1v) is 5.40. The van der Waals surface area contributed by atoms with Gasteiger partial charge in [0.2, 0.25) is 6.04 Å². The molecule has 0 aromatic heterocycles. The second-order valence-electron chi connectivity index (χ2n) is 3.85. The Labute approximate surface area is 99.5 Å². The van der Waals surface area contributed by atoms with Crippen molar-refractivity contribution < 1.29 is 9.66 Å². The third-order valence-electron chi connectivity index (χ3n) is 2.53. The number of hydrogen-bond donors (Lipinski definition) is 1. The van der Waals surface area contributed by atoms with Gasteiger partial charge in [0.1, 0.15) is 11.8 Å². The summed E-state index contributed by atoms with van der Waals surface area (Å²) in [5.41, 5.74) is 5.68. The average Bonchev–Trinajstić information content (AvgIpc) is 2.30. The summed E-state index contributed by atoms with van der Waals surface area (Å²) in [5.74, 6) is -0.0118. The lowest BCUT2D eigenvalue weighted by molar-refractivity contribution is -0.516. The lowest BCUT2D eigenvalue weighted by Crippen LogP contribution is -2.27. The van der Waals surface area contributed by atoms with Crippen LogP contribution in [0.3, 0.4) is 0 Å². The number of nitrogens with two attached hydrogens (primary N) is 1. The molecule has 0 aromatic carbocycles. The molecule has 17 heavy (non-hydrogen) atoms. The molecule has 2 N–H and O–H groups in total. The van der Waals surface area contributed by atoms with Gasteiger partial charge in [-0.1, -0.05) is 13.0 Å². The Morgan fingerprint density at radius 2 is 2.35 bits per heavy atom. The predicted molar refractivity (Wildman–Crippen MR) is 61.3 cm³/mol. The molecule has 1 rings (SSSR count). The molecule has 6 nitrogen and oxygen atoms in total. The number of hydrogen-bond acceptors (Lipinski definition) is 5. The molecule has 6 heteroatoms. The molecule has 0 heterocycles. The molecular weight excluding hydrogens is 222 g/mol. The lowest BCUT2D eigenvalue weighted by Gasteiger charge is -2.19. The van der Waals surface area contributed by atoms with Gasteiger partial charge in [-0.2, -0.15) is 5.26 Å². The van der Waals surface area contributed by atoms with Crippen molar-refractivity contribution in [1.82, 2.24) is 0 Å². The van der Waals surface area contributed by atoms with E-state index in [9.17, 15) is 10.1 Å². The van der Waals surface area contributed by atoms with Gasteiger partial charge in [0.25, 0.3) is 0 Å². The number of allylic oxidation sites excluding steroid dienone is 1. The average molecular weight is 237 g/mol. The SMILES string of the molecule is CC1C=C(C#N)C(OCCCN)=CC1[N+](=O)[O-]. The largest absolute Gasteiger partial charge is 0.492 e. The maximum Gasteiger partial charge on any atom is 0.241 e. The maximum absolute atomic E-state index is 10.8. The monoisotopic (exact) mass is 237 g/mol. The van der Waals surface area contributed by atoms with Crippen LogP contribution in [-0.2, 0) is 4.74 Å². The van der Waals surface area contributed by atoms with E-state index in [1.807, 2.05) is 6.07 Å². The van der Waals surface area contributed by atoms with Gasteiger partial charge in [0.05, 0.1) is 12.2 Å². The van der Waals surface area contributed by atoms with Crippen LogP contribution in [0.15, 0.2) is 23.5 Å². The van der Waals surface area contributed by atoms with Crippen LogP contribution in [0.1, 0.15) is 13.3 Å². The van der Waals surface area contributed by atoms with Gasteiger partial charge in [-0.25, -0.2) is 0 Å². The highest BCUT2D eigenvalue weighted by molar-refractivity contribution is 5.42. The van der Waals surface area contributed by atoms with Gasteiger partial charge < -0.3 is 10.5 Å². The van der Waals surface area contributed by atoms with E-state index in [4.69, 9.17) is 15.7 Å². The summed E-state index contributed by atoms with van der Waals surface area (Å²) in [4.78, 5) is 10.4. The topological polar surface area (TPSA) is 102 Å². The summed E-state index contributed by atoms with van der Waals surface area (Å²) in [5, 5.41) is 19.7. The zero-order chi connectivity index (χ0) is 12.8. The van der Waals surface area contributed by atoms with Crippen molar-refractivity contribution in [3.8, 4) is 6.07 Å². The number of nitro groups is 1. The van der Waals surface area contributed by atoms with Gasteiger partial charge in [0.15, 0.2) is 0 Å². The summed E-state index contributed by atoms with van der Waals surface area (Å²) in [6.45, 7) is 2.55. The van der Waals surface area contributed by atoms with Gasteiger partial charge in [-0.05, 0) is 13.0 Å². The smallest absolute Gasteiger partial charge is 0.241 e. The zero-order valence-corrected chi connectivity index (χ0v) is 9.63. The van der Waals surface area contributed by atoms with Crippen molar-refractivity contribution >= 4 is 0 Å². The summed E-state index contributed by atoms with van der Waals surface area (Å²) in [6, 6.07) is 1.15. The standard InChI is InChI=1S/C11H15N3O3/c1-8-5-9(7-13)11(17-4-2-3-12)6-10(8)14(15)16/h5-6,8,10H,2-4,12H2,1H3. The van der Waals surface area contributed by atoms with Crippen LogP contribution in [0.25, 0.3) is 0 Å². The fourth-order valence-electron chi connectivity index (χ4n) is 1.58. The van der Waals surface area contributed by atoms with E-state index in [2.05, 4.69) is 0 Å². The molecule has 0 bridgehead atoms. The second kappa shape index (κ2) is 6.01. The van der Waals surface area contributed by atoms with Crippen LogP contribution in [0.4, 0.5) is 0 Å². The minimum absolute atomic E-state index is 0.292. The summed E-state index contributed by atoms with van der Waals surface area (Å²) >= 11 is 0. The number of rotatable bonds is 5. The molecule has 1 aliphatic rings. The molecule has 0 fully saturated rings. The molecule has 1 aliphatic carbocycles. The van der Waals surface area contributed by atoms with Crippen LogP contribution in [0, 0.1) is 27.4 Å². The van der Waals surface area contributed by atoms with Crippen molar-refractivity contribution in [1.29, 1.82) is 5.26 Å². The second-order valence-corrected chi connectivity index (χ2v) is 3.85. The van der Waals surface area contributed by atoms with Crippen LogP contribution in [-0.4, -0.2) is 24.1 Å². The Hall–Kier alpha value is -1.87. The molecule has 0 saturated carbocycles. The molecule has 2 unspecified atom stereocenters. The Morgan fingerprint density at radius 3 is 2.88 bits per heavy atom. The highest BCUT2D eigenvalue weighted by atomic mass is 16.6. The third-order valence-corrected chi connectivity index (χ3v) is 2.53. The molecule has 0 aromatic rings. The molecule has 0 amide bonds. The van der Waals surface area contributed by atoms with Crippen molar-refractivity contribution in [3.63, 3.8) is 0 Å². The van der Waals surface area contributed by atoms with Crippen LogP contribution < -0.4 is 5.73 Å². The maximum atomic E-state index is 10.8. The Kier molecular flexibility index (Phi) is 4.67. The van der Waals surface area contributed by atoms with E-state index in [-0.39, 0.29) is 10.8 Å². The van der Waals surface area contributed by atoms with Gasteiger partial charge in [0, 0.05) is 16.9 Å². The van der Waals surface area contributed by atoms with Crippen LogP contribution >= 0.6 is 0 Å². The van der Waals surface area contributed by atoms with Crippen LogP contribution in [0.2, 0.25) is 0 Å². The molecule has 0 radical (unpaired) electrons. The fraction of sp³-hybridized carbons (Fsp3) is 0.545.